The Hall–Kier alpha value is -1.89. The first-order chi connectivity index (χ1) is 9.43. The van der Waals surface area contributed by atoms with Gasteiger partial charge in [0.1, 0.15) is 5.75 Å². The average Bonchev–Trinajstić information content (AvgIpc) is 2.65. The van der Waals surface area contributed by atoms with Crippen LogP contribution < -0.4 is 4.74 Å². The fourth-order valence-electron chi connectivity index (χ4n) is 1.93. The van der Waals surface area contributed by atoms with Crippen LogP contribution in [0, 0.1) is 24.0 Å². The molecule has 0 aliphatic carbocycles. The van der Waals surface area contributed by atoms with Crippen LogP contribution in [0.15, 0.2) is 18.2 Å². The van der Waals surface area contributed by atoms with Gasteiger partial charge in [-0.15, -0.1) is 0 Å². The Kier molecular flexibility index (Phi) is 4.08. The van der Waals surface area contributed by atoms with Crippen LogP contribution in [0.4, 0.5) is 5.69 Å². The third kappa shape index (κ3) is 2.67. The number of aromatic nitrogens is 2. The van der Waals surface area contributed by atoms with Crippen LogP contribution in [0.3, 0.4) is 0 Å². The van der Waals surface area contributed by atoms with Crippen molar-refractivity contribution in [1.82, 2.24) is 9.78 Å². The smallest absolute Gasteiger partial charge is 0.269 e. The maximum absolute atomic E-state index is 10.7. The van der Waals surface area contributed by atoms with E-state index in [9.17, 15) is 10.1 Å². The zero-order valence-electron chi connectivity index (χ0n) is 11.4. The van der Waals surface area contributed by atoms with Gasteiger partial charge in [-0.25, -0.2) is 4.68 Å². The molecule has 7 heteroatoms. The lowest BCUT2D eigenvalue weighted by molar-refractivity contribution is -0.384. The maximum Gasteiger partial charge on any atom is 0.269 e. The summed E-state index contributed by atoms with van der Waals surface area (Å²) in [5.74, 6) is 1.22. The van der Waals surface area contributed by atoms with Crippen LogP contribution in [0.2, 0.25) is 0 Å². The number of rotatable bonds is 4. The van der Waals surface area contributed by atoms with Gasteiger partial charge in [0.25, 0.3) is 5.69 Å². The van der Waals surface area contributed by atoms with Crippen LogP contribution in [0.5, 0.6) is 11.6 Å². The fourth-order valence-corrected chi connectivity index (χ4v) is 2.57. The molecule has 0 radical (unpaired) electrons. The average molecular weight is 340 g/mol. The minimum Gasteiger partial charge on any atom is -0.439 e. The lowest BCUT2D eigenvalue weighted by Crippen LogP contribution is -1.98. The number of nitrogens with zero attached hydrogens (tertiary/aromatic N) is 3. The fraction of sp³-hybridized carbons (Fsp3) is 0.308. The highest BCUT2D eigenvalue weighted by atomic mass is 79.9. The maximum atomic E-state index is 10.7. The van der Waals surface area contributed by atoms with E-state index in [-0.39, 0.29) is 5.69 Å². The van der Waals surface area contributed by atoms with Crippen LogP contribution in [-0.2, 0) is 12.4 Å². The van der Waals surface area contributed by atoms with E-state index in [1.165, 1.54) is 12.1 Å². The summed E-state index contributed by atoms with van der Waals surface area (Å²) in [6.45, 7) is 3.69. The van der Waals surface area contributed by atoms with Crippen LogP contribution in [0.1, 0.15) is 16.8 Å². The van der Waals surface area contributed by atoms with Crippen molar-refractivity contribution in [3.8, 4) is 11.6 Å². The molecule has 0 aliphatic heterocycles. The highest BCUT2D eigenvalue weighted by Crippen LogP contribution is 2.32. The summed E-state index contributed by atoms with van der Waals surface area (Å²) in [6, 6.07) is 4.53. The van der Waals surface area contributed by atoms with Crippen molar-refractivity contribution in [2.45, 2.75) is 19.2 Å². The molecule has 0 bridgehead atoms. The molecule has 0 spiro atoms. The topological polar surface area (TPSA) is 70.2 Å². The predicted molar refractivity (Wildman–Crippen MR) is 78.5 cm³/mol. The molecule has 1 heterocycles. The van der Waals surface area contributed by atoms with Crippen LogP contribution in [0.25, 0.3) is 0 Å². The van der Waals surface area contributed by atoms with E-state index in [1.54, 1.807) is 24.7 Å². The number of aryl methyl sites for hydroxylation is 3. The van der Waals surface area contributed by atoms with Gasteiger partial charge in [-0.05, 0) is 25.5 Å². The normalized spacial score (nSPS) is 10.6. The van der Waals surface area contributed by atoms with Gasteiger partial charge in [0.2, 0.25) is 5.88 Å². The summed E-state index contributed by atoms with van der Waals surface area (Å²) in [5.41, 5.74) is 2.61. The molecule has 2 rings (SSSR count). The lowest BCUT2D eigenvalue weighted by Gasteiger charge is -2.10. The molecule has 0 saturated heterocycles. The van der Waals surface area contributed by atoms with Crippen LogP contribution in [-0.4, -0.2) is 14.7 Å². The van der Waals surface area contributed by atoms with Gasteiger partial charge in [-0.1, -0.05) is 15.9 Å². The molecule has 0 unspecified atom stereocenters. The Morgan fingerprint density at radius 3 is 2.70 bits per heavy atom. The van der Waals surface area contributed by atoms with E-state index in [4.69, 9.17) is 4.74 Å². The molecular weight excluding hydrogens is 326 g/mol. The van der Waals surface area contributed by atoms with Gasteiger partial charge in [0.05, 0.1) is 10.6 Å². The summed E-state index contributed by atoms with van der Waals surface area (Å²) in [4.78, 5) is 10.3. The molecule has 0 N–H and O–H groups in total. The number of hydrogen-bond donors (Lipinski definition) is 0. The minimum atomic E-state index is -0.422. The van der Waals surface area contributed by atoms with Gasteiger partial charge in [-0.2, -0.15) is 5.10 Å². The first kappa shape index (κ1) is 14.5. The first-order valence-electron chi connectivity index (χ1n) is 5.95. The van der Waals surface area contributed by atoms with Gasteiger partial charge >= 0.3 is 0 Å². The van der Waals surface area contributed by atoms with E-state index in [0.717, 1.165) is 11.3 Å². The Morgan fingerprint density at radius 1 is 1.45 bits per heavy atom. The van der Waals surface area contributed by atoms with Gasteiger partial charge in [-0.3, -0.25) is 10.1 Å². The van der Waals surface area contributed by atoms with Crippen molar-refractivity contribution in [3.05, 3.63) is 45.1 Å². The molecule has 6 nitrogen and oxygen atoms in total. The number of alkyl halides is 1. The lowest BCUT2D eigenvalue weighted by atomic mass is 10.2. The minimum absolute atomic E-state index is 0.0525. The van der Waals surface area contributed by atoms with Crippen LogP contribution >= 0.6 is 15.9 Å². The summed E-state index contributed by atoms with van der Waals surface area (Å²) >= 11 is 3.41. The van der Waals surface area contributed by atoms with Gasteiger partial charge in [0.15, 0.2) is 0 Å². The molecule has 20 heavy (non-hydrogen) atoms. The molecule has 0 amide bonds. The monoisotopic (exact) mass is 339 g/mol. The second kappa shape index (κ2) is 5.62. The standard InChI is InChI=1S/C13H14BrN3O3/c1-8-6-10(17(18)19)4-5-12(8)20-13-11(7-14)9(2)15-16(13)3/h4-6H,7H2,1-3H3. The van der Waals surface area contributed by atoms with Crippen molar-refractivity contribution in [3.63, 3.8) is 0 Å². The predicted octanol–water partition coefficient (Wildman–Crippen LogP) is 3.63. The zero-order chi connectivity index (χ0) is 14.9. The molecular formula is C13H14BrN3O3. The molecule has 1 aromatic carbocycles. The number of benzene rings is 1. The van der Waals surface area contributed by atoms with E-state index in [1.807, 2.05) is 6.92 Å². The molecule has 2 aromatic rings. The van der Waals surface area contributed by atoms with Gasteiger partial charge < -0.3 is 4.74 Å². The Morgan fingerprint density at radius 2 is 2.15 bits per heavy atom. The highest BCUT2D eigenvalue weighted by Gasteiger charge is 2.16. The Bertz CT molecular complexity index is 667. The number of nitro benzene ring substituents is 1. The Balaban J connectivity index is 2.38. The second-order valence-electron chi connectivity index (χ2n) is 4.44. The third-order valence-electron chi connectivity index (χ3n) is 3.00. The molecule has 0 aliphatic rings. The van der Waals surface area contributed by atoms with Crippen molar-refractivity contribution in [1.29, 1.82) is 0 Å². The quantitative estimate of drug-likeness (QED) is 0.484. The third-order valence-corrected chi connectivity index (χ3v) is 3.56. The zero-order valence-corrected chi connectivity index (χ0v) is 13.0. The van der Waals surface area contributed by atoms with Crippen molar-refractivity contribution in [2.75, 3.05) is 0 Å². The second-order valence-corrected chi connectivity index (χ2v) is 5.00. The van der Waals surface area contributed by atoms with Crippen molar-refractivity contribution >= 4 is 21.6 Å². The summed E-state index contributed by atoms with van der Waals surface area (Å²) in [5, 5.41) is 15.7. The van der Waals surface area contributed by atoms with E-state index >= 15 is 0 Å². The Labute approximate surface area is 124 Å². The summed E-state index contributed by atoms with van der Waals surface area (Å²) in [6.07, 6.45) is 0. The first-order valence-corrected chi connectivity index (χ1v) is 7.07. The molecule has 0 fully saturated rings. The largest absolute Gasteiger partial charge is 0.439 e. The number of halogens is 1. The summed E-state index contributed by atoms with van der Waals surface area (Å²) < 4.78 is 7.52. The molecule has 0 atom stereocenters. The molecule has 1 aromatic heterocycles. The molecule has 106 valence electrons. The van der Waals surface area contributed by atoms with E-state index in [2.05, 4.69) is 21.0 Å². The van der Waals surface area contributed by atoms with Crippen molar-refractivity contribution < 1.29 is 9.66 Å². The number of non-ortho nitro benzene ring substituents is 1. The SMILES string of the molecule is Cc1cc([N+](=O)[O-])ccc1Oc1c(CBr)c(C)nn1C. The number of nitro groups is 1. The number of hydrogen-bond acceptors (Lipinski definition) is 4. The molecule has 0 saturated carbocycles. The van der Waals surface area contributed by atoms with E-state index < -0.39 is 4.92 Å². The highest BCUT2D eigenvalue weighted by molar-refractivity contribution is 9.08. The van der Waals surface area contributed by atoms with Crippen molar-refractivity contribution in [2.24, 2.45) is 7.05 Å². The summed E-state index contributed by atoms with van der Waals surface area (Å²) in [7, 11) is 1.80. The van der Waals surface area contributed by atoms with E-state index in [0.29, 0.717) is 22.5 Å². The number of ether oxygens (including phenoxy) is 1. The van der Waals surface area contributed by atoms with Gasteiger partial charge in [0, 0.05) is 30.1 Å².